The summed E-state index contributed by atoms with van der Waals surface area (Å²) in [7, 11) is 1.46. The van der Waals surface area contributed by atoms with Gasteiger partial charge in [-0.15, -0.1) is 0 Å². The van der Waals surface area contributed by atoms with Gasteiger partial charge in [-0.1, -0.05) is 20.8 Å². The third-order valence-corrected chi connectivity index (χ3v) is 3.45. The summed E-state index contributed by atoms with van der Waals surface area (Å²) in [4.78, 5) is 20.1. The molecule has 0 atom stereocenters. The van der Waals surface area contributed by atoms with Crippen molar-refractivity contribution >= 4 is 6.09 Å². The molecular weight excluding hydrogens is 318 g/mol. The zero-order valence-electron chi connectivity index (χ0n) is 14.4. The van der Waals surface area contributed by atoms with Crippen molar-refractivity contribution in [3.8, 4) is 29.1 Å². The van der Waals surface area contributed by atoms with Gasteiger partial charge in [-0.2, -0.15) is 10.5 Å². The van der Waals surface area contributed by atoms with E-state index < -0.39 is 11.5 Å². The first-order valence-electron chi connectivity index (χ1n) is 7.52. The van der Waals surface area contributed by atoms with Gasteiger partial charge in [0.15, 0.2) is 5.75 Å². The largest absolute Gasteiger partial charge is 0.412 e. The van der Waals surface area contributed by atoms with Gasteiger partial charge in [0.2, 0.25) is 0 Å². The minimum Gasteiger partial charge on any atom is -0.408 e. The summed E-state index contributed by atoms with van der Waals surface area (Å²) < 4.78 is 5.45. The van der Waals surface area contributed by atoms with Crippen molar-refractivity contribution in [2.24, 2.45) is 0 Å². The Bertz CT molecular complexity index is 884. The summed E-state index contributed by atoms with van der Waals surface area (Å²) in [6.07, 6.45) is 0.824. The highest BCUT2D eigenvalue weighted by Gasteiger charge is 2.26. The first-order chi connectivity index (χ1) is 11.8. The topological polar surface area (TPSA) is 112 Å². The molecule has 1 N–H and O–H groups in total. The summed E-state index contributed by atoms with van der Waals surface area (Å²) in [6, 6.07) is 8.77. The lowest BCUT2D eigenvalue weighted by molar-refractivity contribution is 0.202. The number of amides is 1. The molecule has 0 aromatic carbocycles. The van der Waals surface area contributed by atoms with Gasteiger partial charge in [0.05, 0.1) is 0 Å². The summed E-state index contributed by atoms with van der Waals surface area (Å²) in [6.45, 7) is 5.84. The fourth-order valence-electron chi connectivity index (χ4n) is 2.19. The number of hydrogen-bond donors (Lipinski definition) is 1. The third kappa shape index (κ3) is 3.91. The van der Waals surface area contributed by atoms with Crippen LogP contribution in [0.5, 0.6) is 5.75 Å². The molecule has 0 spiro atoms. The Kier molecular flexibility index (Phi) is 5.00. The van der Waals surface area contributed by atoms with E-state index in [4.69, 9.17) is 10.00 Å². The molecule has 0 radical (unpaired) electrons. The summed E-state index contributed by atoms with van der Waals surface area (Å²) >= 11 is 0. The minimum absolute atomic E-state index is 0.202. The number of carbonyl (C=O) groups excluding carboxylic acids is 1. The Labute approximate surface area is 145 Å². The smallest absolute Gasteiger partial charge is 0.408 e. The molecule has 1 amide bonds. The second-order valence-corrected chi connectivity index (χ2v) is 6.28. The van der Waals surface area contributed by atoms with Crippen molar-refractivity contribution in [1.82, 2.24) is 15.3 Å². The van der Waals surface area contributed by atoms with Gasteiger partial charge in [-0.05, 0) is 23.6 Å². The average Bonchev–Trinajstić information content (AvgIpc) is 2.60. The lowest BCUT2D eigenvalue weighted by Crippen LogP contribution is -2.25. The van der Waals surface area contributed by atoms with E-state index in [-0.39, 0.29) is 17.1 Å². The van der Waals surface area contributed by atoms with Crippen LogP contribution in [0.2, 0.25) is 0 Å². The molecule has 0 aliphatic carbocycles. The number of ether oxygens (including phenoxy) is 1. The molecule has 2 rings (SSSR count). The normalized spacial score (nSPS) is 10.5. The van der Waals surface area contributed by atoms with Crippen LogP contribution in [0.1, 0.15) is 37.7 Å². The van der Waals surface area contributed by atoms with Crippen molar-refractivity contribution in [2.75, 3.05) is 7.05 Å². The van der Waals surface area contributed by atoms with E-state index in [9.17, 15) is 10.1 Å². The van der Waals surface area contributed by atoms with Crippen LogP contribution in [0.15, 0.2) is 24.4 Å². The SMILES string of the molecule is CNC(=O)Oc1c(C(C)(C)C)cc(C#N)nc1-c1ccc(C#N)nc1. The molecular formula is C18H17N5O2. The van der Waals surface area contributed by atoms with E-state index in [1.54, 1.807) is 12.1 Å². The van der Waals surface area contributed by atoms with Gasteiger partial charge >= 0.3 is 6.09 Å². The molecule has 25 heavy (non-hydrogen) atoms. The molecule has 0 bridgehead atoms. The second kappa shape index (κ2) is 6.98. The predicted octanol–water partition coefficient (Wildman–Crippen LogP) is 2.90. The van der Waals surface area contributed by atoms with Crippen molar-refractivity contribution < 1.29 is 9.53 Å². The number of nitrogens with one attached hydrogen (secondary N) is 1. The molecule has 0 fully saturated rings. The number of aromatic nitrogens is 2. The van der Waals surface area contributed by atoms with E-state index in [1.807, 2.05) is 32.9 Å². The van der Waals surface area contributed by atoms with E-state index in [0.29, 0.717) is 16.8 Å². The van der Waals surface area contributed by atoms with Crippen LogP contribution in [0.25, 0.3) is 11.3 Å². The van der Waals surface area contributed by atoms with Crippen LogP contribution in [0.3, 0.4) is 0 Å². The standard InChI is InChI=1S/C18H17N5O2/c1-18(2,3)14-7-13(9-20)23-15(16(14)25-17(24)21-4)11-5-6-12(8-19)22-10-11/h5-7,10H,1-4H3,(H,21,24). The number of pyridine rings is 2. The van der Waals surface area contributed by atoms with Gasteiger partial charge < -0.3 is 10.1 Å². The molecule has 7 nitrogen and oxygen atoms in total. The van der Waals surface area contributed by atoms with E-state index in [0.717, 1.165) is 0 Å². The van der Waals surface area contributed by atoms with Gasteiger partial charge in [0, 0.05) is 24.4 Å². The van der Waals surface area contributed by atoms with Crippen molar-refractivity contribution in [3.63, 3.8) is 0 Å². The van der Waals surface area contributed by atoms with Crippen molar-refractivity contribution in [1.29, 1.82) is 10.5 Å². The quantitative estimate of drug-likeness (QED) is 0.903. The Morgan fingerprint density at radius 3 is 2.36 bits per heavy atom. The van der Waals surface area contributed by atoms with E-state index in [1.165, 1.54) is 19.3 Å². The molecule has 0 aliphatic rings. The van der Waals surface area contributed by atoms with Crippen molar-refractivity contribution in [3.05, 3.63) is 41.3 Å². The maximum Gasteiger partial charge on any atom is 0.412 e. The first-order valence-corrected chi connectivity index (χ1v) is 7.52. The minimum atomic E-state index is -0.639. The van der Waals surface area contributed by atoms with Crippen LogP contribution < -0.4 is 10.1 Å². The highest BCUT2D eigenvalue weighted by molar-refractivity contribution is 5.77. The number of nitrogens with zero attached hydrogens (tertiary/aromatic N) is 4. The molecule has 0 aliphatic heterocycles. The van der Waals surface area contributed by atoms with Crippen LogP contribution in [-0.4, -0.2) is 23.1 Å². The third-order valence-electron chi connectivity index (χ3n) is 3.45. The fraction of sp³-hybridized carbons (Fsp3) is 0.278. The maximum absolute atomic E-state index is 11.8. The number of rotatable bonds is 2. The zero-order valence-corrected chi connectivity index (χ0v) is 14.4. The lowest BCUT2D eigenvalue weighted by Gasteiger charge is -2.24. The second-order valence-electron chi connectivity index (χ2n) is 6.28. The number of carbonyl (C=O) groups is 1. The van der Waals surface area contributed by atoms with Gasteiger partial charge in [-0.25, -0.2) is 14.8 Å². The number of hydrogen-bond acceptors (Lipinski definition) is 6. The molecule has 7 heteroatoms. The van der Waals surface area contributed by atoms with Gasteiger partial charge in [0.1, 0.15) is 29.2 Å². The van der Waals surface area contributed by atoms with Crippen molar-refractivity contribution in [2.45, 2.75) is 26.2 Å². The Hall–Kier alpha value is -3.45. The number of nitriles is 2. The van der Waals surface area contributed by atoms with Crippen LogP contribution in [0, 0.1) is 22.7 Å². The molecule has 0 unspecified atom stereocenters. The van der Waals surface area contributed by atoms with Gasteiger partial charge in [0.25, 0.3) is 0 Å². The monoisotopic (exact) mass is 335 g/mol. The molecule has 0 saturated carbocycles. The Morgan fingerprint density at radius 1 is 1.20 bits per heavy atom. The Balaban J connectivity index is 2.76. The zero-order chi connectivity index (χ0) is 18.6. The summed E-state index contributed by atoms with van der Waals surface area (Å²) in [5.41, 5.74) is 1.60. The Morgan fingerprint density at radius 2 is 1.88 bits per heavy atom. The van der Waals surface area contributed by atoms with Gasteiger partial charge in [-0.3, -0.25) is 0 Å². The van der Waals surface area contributed by atoms with Crippen LogP contribution in [-0.2, 0) is 5.41 Å². The molecule has 2 aromatic heterocycles. The molecule has 2 aromatic rings. The summed E-state index contributed by atoms with van der Waals surface area (Å²) in [5, 5.41) is 20.6. The van der Waals surface area contributed by atoms with E-state index in [2.05, 4.69) is 15.3 Å². The molecule has 0 saturated heterocycles. The highest BCUT2D eigenvalue weighted by Crippen LogP contribution is 2.38. The highest BCUT2D eigenvalue weighted by atomic mass is 16.6. The average molecular weight is 335 g/mol. The molecule has 2 heterocycles. The molecule has 126 valence electrons. The maximum atomic E-state index is 11.8. The predicted molar refractivity (Wildman–Crippen MR) is 90.7 cm³/mol. The van der Waals surface area contributed by atoms with E-state index >= 15 is 0 Å². The first kappa shape index (κ1) is 17.9. The fourth-order valence-corrected chi connectivity index (χ4v) is 2.19. The van der Waals surface area contributed by atoms with Crippen LogP contribution in [0.4, 0.5) is 4.79 Å². The lowest BCUT2D eigenvalue weighted by atomic mass is 9.85. The summed E-state index contributed by atoms with van der Waals surface area (Å²) in [5.74, 6) is 0.261. The van der Waals surface area contributed by atoms with Crippen LogP contribution >= 0.6 is 0 Å².